The third-order valence-corrected chi connectivity index (χ3v) is 6.77. The molecule has 0 saturated heterocycles. The number of rotatable bonds is 6. The third-order valence-electron chi connectivity index (χ3n) is 4.73. The number of hydrogen-bond acceptors (Lipinski definition) is 5. The van der Waals surface area contributed by atoms with Crippen molar-refractivity contribution in [1.82, 2.24) is 9.55 Å². The molecule has 7 heteroatoms. The van der Waals surface area contributed by atoms with Crippen molar-refractivity contribution in [2.24, 2.45) is 0 Å². The fraction of sp³-hybridized carbons (Fsp3) is 0.381. The minimum atomic E-state index is -0.0296. The number of nitrogens with zero attached hydrogens (tertiary/aromatic N) is 3. The standard InChI is InChI=1S/C21H25N3O2S2/c1-6-23(16-10-8-7-9-11-16)17(25)12-27-21-22-19-18(14(4)15(5)28-19)20(26)24(21)13(2)3/h7-11,13H,6,12H2,1-5H3. The van der Waals surface area contributed by atoms with E-state index < -0.39 is 0 Å². The van der Waals surface area contributed by atoms with Crippen LogP contribution in [-0.4, -0.2) is 27.8 Å². The van der Waals surface area contributed by atoms with E-state index in [0.29, 0.717) is 17.1 Å². The predicted molar refractivity (Wildman–Crippen MR) is 119 cm³/mol. The molecular weight excluding hydrogens is 390 g/mol. The zero-order chi connectivity index (χ0) is 20.4. The number of benzene rings is 1. The Balaban J connectivity index is 1.92. The highest BCUT2D eigenvalue weighted by atomic mass is 32.2. The summed E-state index contributed by atoms with van der Waals surface area (Å²) >= 11 is 2.87. The van der Waals surface area contributed by atoms with Crippen molar-refractivity contribution in [1.29, 1.82) is 0 Å². The maximum Gasteiger partial charge on any atom is 0.263 e. The van der Waals surface area contributed by atoms with Gasteiger partial charge in [-0.2, -0.15) is 0 Å². The van der Waals surface area contributed by atoms with Gasteiger partial charge in [0.05, 0.1) is 11.1 Å². The van der Waals surface area contributed by atoms with Crippen molar-refractivity contribution in [2.75, 3.05) is 17.2 Å². The molecule has 0 saturated carbocycles. The summed E-state index contributed by atoms with van der Waals surface area (Å²) in [5.74, 6) is 0.235. The number of aryl methyl sites for hydroxylation is 2. The maximum absolute atomic E-state index is 13.1. The molecule has 148 valence electrons. The Morgan fingerprint density at radius 1 is 1.25 bits per heavy atom. The number of amides is 1. The zero-order valence-electron chi connectivity index (χ0n) is 16.9. The van der Waals surface area contributed by atoms with Gasteiger partial charge < -0.3 is 4.90 Å². The number of carbonyl (C=O) groups is 1. The second-order valence-corrected chi connectivity index (χ2v) is 9.03. The van der Waals surface area contributed by atoms with Crippen molar-refractivity contribution in [3.8, 4) is 0 Å². The van der Waals surface area contributed by atoms with Crippen molar-refractivity contribution in [2.45, 2.75) is 45.8 Å². The molecule has 0 unspecified atom stereocenters. The minimum absolute atomic E-state index is 0.00175. The van der Waals surface area contributed by atoms with Gasteiger partial charge in [-0.05, 0) is 52.3 Å². The highest BCUT2D eigenvalue weighted by Crippen LogP contribution is 2.29. The maximum atomic E-state index is 13.1. The van der Waals surface area contributed by atoms with E-state index in [4.69, 9.17) is 4.98 Å². The van der Waals surface area contributed by atoms with Crippen LogP contribution in [0.4, 0.5) is 5.69 Å². The Bertz CT molecular complexity index is 1050. The van der Waals surface area contributed by atoms with Crippen LogP contribution < -0.4 is 10.5 Å². The van der Waals surface area contributed by atoms with E-state index in [0.717, 1.165) is 21.0 Å². The SMILES string of the molecule is CCN(C(=O)CSc1nc2sc(C)c(C)c2c(=O)n1C(C)C)c1ccccc1. The molecule has 1 aromatic carbocycles. The van der Waals surface area contributed by atoms with Crippen molar-refractivity contribution in [3.05, 3.63) is 51.1 Å². The number of fused-ring (bicyclic) bond motifs is 1. The van der Waals surface area contributed by atoms with Gasteiger partial charge in [0, 0.05) is 23.2 Å². The molecule has 2 aromatic heterocycles. The van der Waals surface area contributed by atoms with Gasteiger partial charge in [-0.15, -0.1) is 11.3 Å². The van der Waals surface area contributed by atoms with Crippen LogP contribution in [0.1, 0.15) is 37.3 Å². The molecule has 0 spiro atoms. The van der Waals surface area contributed by atoms with E-state index >= 15 is 0 Å². The Kier molecular flexibility index (Phi) is 6.25. The largest absolute Gasteiger partial charge is 0.312 e. The third kappa shape index (κ3) is 3.86. The number of thioether (sulfide) groups is 1. The van der Waals surface area contributed by atoms with Gasteiger partial charge in [-0.3, -0.25) is 14.2 Å². The van der Waals surface area contributed by atoms with Crippen molar-refractivity contribution < 1.29 is 4.79 Å². The molecule has 0 N–H and O–H groups in total. The zero-order valence-corrected chi connectivity index (χ0v) is 18.5. The minimum Gasteiger partial charge on any atom is -0.312 e. The van der Waals surface area contributed by atoms with E-state index in [1.54, 1.807) is 9.47 Å². The van der Waals surface area contributed by atoms with Crippen LogP contribution in [0.15, 0.2) is 40.3 Å². The first-order valence-electron chi connectivity index (χ1n) is 9.35. The van der Waals surface area contributed by atoms with Gasteiger partial charge in [0.15, 0.2) is 5.16 Å². The lowest BCUT2D eigenvalue weighted by Gasteiger charge is -2.21. The Hall–Kier alpha value is -2.12. The molecule has 0 aliphatic heterocycles. The summed E-state index contributed by atoms with van der Waals surface area (Å²) in [6.45, 7) is 10.5. The molecule has 5 nitrogen and oxygen atoms in total. The topological polar surface area (TPSA) is 55.2 Å². The van der Waals surface area contributed by atoms with Crippen LogP contribution in [0, 0.1) is 13.8 Å². The molecule has 2 heterocycles. The Morgan fingerprint density at radius 2 is 1.93 bits per heavy atom. The number of thiophene rings is 1. The van der Waals surface area contributed by atoms with E-state index in [9.17, 15) is 9.59 Å². The normalized spacial score (nSPS) is 11.4. The van der Waals surface area contributed by atoms with Crippen molar-refractivity contribution >= 4 is 44.9 Å². The van der Waals surface area contributed by atoms with E-state index in [1.165, 1.54) is 23.1 Å². The van der Waals surface area contributed by atoms with Crippen LogP contribution >= 0.6 is 23.1 Å². The second kappa shape index (κ2) is 8.49. The molecule has 1 amide bonds. The number of para-hydroxylation sites is 1. The van der Waals surface area contributed by atoms with Crippen LogP contribution in [0.25, 0.3) is 10.2 Å². The molecule has 0 radical (unpaired) electrons. The lowest BCUT2D eigenvalue weighted by atomic mass is 10.2. The average molecular weight is 416 g/mol. The van der Waals surface area contributed by atoms with Gasteiger partial charge in [0.1, 0.15) is 4.83 Å². The van der Waals surface area contributed by atoms with Crippen LogP contribution in [-0.2, 0) is 4.79 Å². The Morgan fingerprint density at radius 3 is 2.54 bits per heavy atom. The van der Waals surface area contributed by atoms with E-state index in [1.807, 2.05) is 65.0 Å². The Labute approximate surface area is 173 Å². The average Bonchev–Trinajstić information content (AvgIpc) is 2.95. The lowest BCUT2D eigenvalue weighted by Crippen LogP contribution is -2.32. The quantitative estimate of drug-likeness (QED) is 0.429. The summed E-state index contributed by atoms with van der Waals surface area (Å²) in [4.78, 5) is 34.3. The highest BCUT2D eigenvalue weighted by Gasteiger charge is 2.20. The molecule has 0 atom stereocenters. The second-order valence-electron chi connectivity index (χ2n) is 6.89. The van der Waals surface area contributed by atoms with Crippen LogP contribution in [0.5, 0.6) is 0 Å². The van der Waals surface area contributed by atoms with Crippen LogP contribution in [0.3, 0.4) is 0 Å². The van der Waals surface area contributed by atoms with Gasteiger partial charge in [0.25, 0.3) is 5.56 Å². The summed E-state index contributed by atoms with van der Waals surface area (Å²) in [7, 11) is 0. The molecule has 0 fully saturated rings. The predicted octanol–water partition coefficient (Wildman–Crippen LogP) is 4.80. The first-order valence-corrected chi connectivity index (χ1v) is 11.2. The van der Waals surface area contributed by atoms with Crippen molar-refractivity contribution in [3.63, 3.8) is 0 Å². The van der Waals surface area contributed by atoms with E-state index in [2.05, 4.69) is 0 Å². The first-order chi connectivity index (χ1) is 13.3. The number of anilines is 1. The highest BCUT2D eigenvalue weighted by molar-refractivity contribution is 7.99. The van der Waals surface area contributed by atoms with Gasteiger partial charge in [0.2, 0.25) is 5.91 Å². The molecule has 0 bridgehead atoms. The molecule has 0 aliphatic rings. The fourth-order valence-corrected chi connectivity index (χ4v) is 5.23. The van der Waals surface area contributed by atoms with Gasteiger partial charge in [-0.1, -0.05) is 30.0 Å². The smallest absolute Gasteiger partial charge is 0.263 e. The summed E-state index contributed by atoms with van der Waals surface area (Å²) in [6.07, 6.45) is 0. The molecule has 28 heavy (non-hydrogen) atoms. The first kappa shape index (κ1) is 20.6. The number of aromatic nitrogens is 2. The summed E-state index contributed by atoms with van der Waals surface area (Å²) in [6, 6.07) is 9.60. The number of hydrogen-bond donors (Lipinski definition) is 0. The summed E-state index contributed by atoms with van der Waals surface area (Å²) in [5, 5.41) is 1.30. The molecule has 0 aliphatic carbocycles. The molecular formula is C21H25N3O2S2. The van der Waals surface area contributed by atoms with E-state index in [-0.39, 0.29) is 23.3 Å². The van der Waals surface area contributed by atoms with Gasteiger partial charge >= 0.3 is 0 Å². The fourth-order valence-electron chi connectivity index (χ4n) is 3.16. The number of carbonyl (C=O) groups excluding carboxylic acids is 1. The monoisotopic (exact) mass is 415 g/mol. The molecule has 3 rings (SSSR count). The summed E-state index contributed by atoms with van der Waals surface area (Å²) < 4.78 is 1.71. The molecule has 3 aromatic rings. The lowest BCUT2D eigenvalue weighted by molar-refractivity contribution is -0.116. The van der Waals surface area contributed by atoms with Gasteiger partial charge in [-0.25, -0.2) is 4.98 Å². The summed E-state index contributed by atoms with van der Waals surface area (Å²) in [5.41, 5.74) is 1.86. The van der Waals surface area contributed by atoms with Crippen LogP contribution in [0.2, 0.25) is 0 Å².